The molecule has 0 heteroatoms. The van der Waals surface area contributed by atoms with E-state index in [4.69, 9.17) is 0 Å². The van der Waals surface area contributed by atoms with E-state index in [-0.39, 0.29) is 0 Å². The summed E-state index contributed by atoms with van der Waals surface area (Å²) in [7, 11) is 0. The van der Waals surface area contributed by atoms with Crippen molar-refractivity contribution in [1.29, 1.82) is 0 Å². The molecule has 0 bridgehead atoms. The van der Waals surface area contributed by atoms with Gasteiger partial charge in [0.1, 0.15) is 0 Å². The Balaban J connectivity index is 3.86. The molecule has 0 aliphatic heterocycles. The van der Waals surface area contributed by atoms with Crippen molar-refractivity contribution in [2.24, 2.45) is 5.92 Å². The minimum atomic E-state index is 0.639. The molecule has 0 rings (SSSR count). The molecule has 0 fully saturated rings. The molecule has 13 heavy (non-hydrogen) atoms. The largest absolute Gasteiger partial charge is 0.103 e. The fourth-order valence-corrected chi connectivity index (χ4v) is 1.14. The maximum Gasteiger partial charge on any atom is -0.0256 e. The van der Waals surface area contributed by atoms with E-state index in [1.807, 2.05) is 25.2 Å². The molecule has 1 atom stereocenters. The van der Waals surface area contributed by atoms with E-state index in [0.29, 0.717) is 5.92 Å². The zero-order valence-electron chi connectivity index (χ0n) is 8.84. The predicted molar refractivity (Wildman–Crippen MR) is 61.7 cm³/mol. The van der Waals surface area contributed by atoms with Gasteiger partial charge in [0.2, 0.25) is 0 Å². The first-order chi connectivity index (χ1) is 6.06. The van der Waals surface area contributed by atoms with Crippen LogP contribution in [0.1, 0.15) is 26.7 Å². The molecule has 0 saturated heterocycles. The average Bonchev–Trinajstić information content (AvgIpc) is 2.01. The quantitative estimate of drug-likeness (QED) is 0.418. The van der Waals surface area contributed by atoms with E-state index in [2.05, 4.69) is 26.7 Å². The zero-order valence-corrected chi connectivity index (χ0v) is 8.84. The summed E-state index contributed by atoms with van der Waals surface area (Å²) in [4.78, 5) is 0. The van der Waals surface area contributed by atoms with Crippen LogP contribution in [0.5, 0.6) is 0 Å². The van der Waals surface area contributed by atoms with E-state index in [1.54, 1.807) is 0 Å². The minimum absolute atomic E-state index is 0.639. The predicted octanol–water partition coefficient (Wildman–Crippen LogP) is 4.28. The molecular weight excluding hydrogens is 156 g/mol. The Hall–Kier alpha value is -1.04. The van der Waals surface area contributed by atoms with E-state index in [0.717, 1.165) is 24.0 Å². The molecule has 0 aromatic carbocycles. The Labute approximate surface area is 82.4 Å². The number of rotatable bonds is 6. The molecule has 0 N–H and O–H groups in total. The van der Waals surface area contributed by atoms with Crippen LogP contribution in [0.15, 0.2) is 49.1 Å². The van der Waals surface area contributed by atoms with E-state index in [9.17, 15) is 0 Å². The van der Waals surface area contributed by atoms with Crippen LogP contribution < -0.4 is 0 Å². The van der Waals surface area contributed by atoms with Crippen LogP contribution in [-0.4, -0.2) is 0 Å². The summed E-state index contributed by atoms with van der Waals surface area (Å²) in [6.45, 7) is 15.7. The highest BCUT2D eigenvalue weighted by Gasteiger charge is 1.99. The molecule has 0 amide bonds. The topological polar surface area (TPSA) is 0 Å². The van der Waals surface area contributed by atoms with Gasteiger partial charge < -0.3 is 0 Å². The highest BCUT2D eigenvalue weighted by Crippen LogP contribution is 2.14. The molecule has 0 heterocycles. The summed E-state index contributed by atoms with van der Waals surface area (Å²) in [5.41, 5.74) is 2.23. The average molecular weight is 176 g/mol. The first-order valence-electron chi connectivity index (χ1n) is 4.68. The summed E-state index contributed by atoms with van der Waals surface area (Å²) < 4.78 is 0. The van der Waals surface area contributed by atoms with Gasteiger partial charge in [-0.1, -0.05) is 49.5 Å². The molecule has 0 saturated carbocycles. The summed E-state index contributed by atoms with van der Waals surface area (Å²) in [6.07, 6.45) is 8.10. The second-order valence-corrected chi connectivity index (χ2v) is 3.67. The lowest BCUT2D eigenvalue weighted by molar-refractivity contribution is 0.593. The van der Waals surface area contributed by atoms with Crippen molar-refractivity contribution < 1.29 is 0 Å². The second-order valence-electron chi connectivity index (χ2n) is 3.67. The first-order valence-corrected chi connectivity index (χ1v) is 4.68. The molecule has 0 aliphatic rings. The molecule has 0 spiro atoms. The Morgan fingerprint density at radius 2 is 1.92 bits per heavy atom. The highest BCUT2D eigenvalue weighted by atomic mass is 14.0. The summed E-state index contributed by atoms with van der Waals surface area (Å²) in [5, 5.41) is 0. The van der Waals surface area contributed by atoms with Gasteiger partial charge in [-0.2, -0.15) is 0 Å². The molecule has 1 unspecified atom stereocenters. The van der Waals surface area contributed by atoms with Gasteiger partial charge in [0.15, 0.2) is 0 Å². The van der Waals surface area contributed by atoms with Gasteiger partial charge in [-0.3, -0.25) is 0 Å². The van der Waals surface area contributed by atoms with Gasteiger partial charge in [-0.25, -0.2) is 0 Å². The Morgan fingerprint density at radius 3 is 2.38 bits per heavy atom. The smallest absolute Gasteiger partial charge is 0.0256 e. The van der Waals surface area contributed by atoms with Gasteiger partial charge >= 0.3 is 0 Å². The normalized spacial score (nSPS) is 12.8. The Bertz CT molecular complexity index is 218. The molecule has 0 radical (unpaired) electrons. The maximum atomic E-state index is 3.99. The van der Waals surface area contributed by atoms with Crippen molar-refractivity contribution in [2.45, 2.75) is 26.7 Å². The first kappa shape index (κ1) is 12.0. The third-order valence-electron chi connectivity index (χ3n) is 1.78. The SMILES string of the molecule is C=CCC(C)CC(=C)/C=C\C(=C)C. The van der Waals surface area contributed by atoms with Crippen molar-refractivity contribution in [3.05, 3.63) is 49.1 Å². The molecule has 0 nitrogen and oxygen atoms in total. The minimum Gasteiger partial charge on any atom is -0.103 e. The van der Waals surface area contributed by atoms with Crippen molar-refractivity contribution in [1.82, 2.24) is 0 Å². The molecule has 0 aromatic rings. The van der Waals surface area contributed by atoms with Crippen molar-refractivity contribution >= 4 is 0 Å². The van der Waals surface area contributed by atoms with Gasteiger partial charge in [0, 0.05) is 0 Å². The van der Waals surface area contributed by atoms with E-state index in [1.165, 1.54) is 0 Å². The highest BCUT2D eigenvalue weighted by molar-refractivity contribution is 5.23. The van der Waals surface area contributed by atoms with Crippen molar-refractivity contribution in [3.63, 3.8) is 0 Å². The Kier molecular flexibility index (Phi) is 5.96. The fraction of sp³-hybridized carbons (Fsp3) is 0.385. The van der Waals surface area contributed by atoms with E-state index < -0.39 is 0 Å². The van der Waals surface area contributed by atoms with Crippen molar-refractivity contribution in [3.8, 4) is 0 Å². The molecule has 72 valence electrons. The lowest BCUT2D eigenvalue weighted by atomic mass is 9.98. The molecule has 0 aromatic heterocycles. The van der Waals surface area contributed by atoms with Crippen LogP contribution >= 0.6 is 0 Å². The van der Waals surface area contributed by atoms with Gasteiger partial charge in [-0.05, 0) is 25.7 Å². The van der Waals surface area contributed by atoms with Crippen molar-refractivity contribution in [2.75, 3.05) is 0 Å². The van der Waals surface area contributed by atoms with Crippen LogP contribution in [0, 0.1) is 5.92 Å². The Morgan fingerprint density at radius 1 is 1.31 bits per heavy atom. The summed E-state index contributed by atoms with van der Waals surface area (Å²) in [6, 6.07) is 0. The number of hydrogen-bond acceptors (Lipinski definition) is 0. The third-order valence-corrected chi connectivity index (χ3v) is 1.78. The summed E-state index contributed by atoms with van der Waals surface area (Å²) >= 11 is 0. The van der Waals surface area contributed by atoms with E-state index >= 15 is 0 Å². The fourth-order valence-electron chi connectivity index (χ4n) is 1.14. The third kappa shape index (κ3) is 7.32. The van der Waals surface area contributed by atoms with Crippen LogP contribution in [0.3, 0.4) is 0 Å². The second kappa shape index (κ2) is 6.47. The van der Waals surface area contributed by atoms with Crippen LogP contribution in [0.2, 0.25) is 0 Å². The lowest BCUT2D eigenvalue weighted by Gasteiger charge is -2.07. The zero-order chi connectivity index (χ0) is 10.3. The standard InChI is InChI=1S/C13H20/c1-6-7-12(4)10-13(5)9-8-11(2)3/h6,8-9,12H,1-2,5,7,10H2,3-4H3/b9-8-. The van der Waals surface area contributed by atoms with Gasteiger partial charge in [-0.15, -0.1) is 6.58 Å². The monoisotopic (exact) mass is 176 g/mol. The number of allylic oxidation sites excluding steroid dienone is 5. The summed E-state index contributed by atoms with van der Waals surface area (Å²) in [5.74, 6) is 0.639. The molecule has 0 aliphatic carbocycles. The van der Waals surface area contributed by atoms with Gasteiger partial charge in [0.05, 0.1) is 0 Å². The van der Waals surface area contributed by atoms with Crippen LogP contribution in [-0.2, 0) is 0 Å². The maximum absolute atomic E-state index is 3.99. The lowest BCUT2D eigenvalue weighted by Crippen LogP contribution is -1.92. The van der Waals surface area contributed by atoms with Crippen LogP contribution in [0.4, 0.5) is 0 Å². The number of hydrogen-bond donors (Lipinski definition) is 0. The van der Waals surface area contributed by atoms with Gasteiger partial charge in [0.25, 0.3) is 0 Å². The van der Waals surface area contributed by atoms with Crippen LogP contribution in [0.25, 0.3) is 0 Å². The molecular formula is C13H20.